The van der Waals surface area contributed by atoms with Crippen LogP contribution in [0.5, 0.6) is 0 Å². The number of benzene rings is 1. The zero-order chi connectivity index (χ0) is 14.8. The first-order valence-corrected chi connectivity index (χ1v) is 8.16. The fraction of sp³-hybridized carbons (Fsp3) is 0.684. The van der Waals surface area contributed by atoms with E-state index in [1.54, 1.807) is 0 Å². The Morgan fingerprint density at radius 3 is 2.25 bits per heavy atom. The van der Waals surface area contributed by atoms with Crippen molar-refractivity contribution in [2.75, 3.05) is 14.1 Å². The molecule has 112 valence electrons. The van der Waals surface area contributed by atoms with E-state index in [1.807, 2.05) is 0 Å². The molecule has 0 spiro atoms. The first-order chi connectivity index (χ1) is 9.44. The molecule has 20 heavy (non-hydrogen) atoms. The number of rotatable bonds is 4. The van der Waals surface area contributed by atoms with Gasteiger partial charge in [0, 0.05) is 5.54 Å². The van der Waals surface area contributed by atoms with Crippen LogP contribution in [0.15, 0.2) is 24.3 Å². The molecule has 1 aliphatic carbocycles. The Hall–Kier alpha value is -0.820. The van der Waals surface area contributed by atoms with E-state index in [1.165, 1.54) is 43.2 Å². The van der Waals surface area contributed by atoms with E-state index >= 15 is 0 Å². The molecule has 0 N–H and O–H groups in total. The van der Waals surface area contributed by atoms with E-state index in [9.17, 15) is 0 Å². The van der Waals surface area contributed by atoms with Crippen LogP contribution >= 0.6 is 0 Å². The highest BCUT2D eigenvalue weighted by Gasteiger charge is 2.38. The lowest BCUT2D eigenvalue weighted by molar-refractivity contribution is 0.0682. The molecule has 0 heterocycles. The molecule has 0 aliphatic heterocycles. The Balaban J connectivity index is 2.14. The Bertz CT molecular complexity index is 425. The number of hydrogen-bond donors (Lipinski definition) is 0. The first kappa shape index (κ1) is 15.6. The smallest absolute Gasteiger partial charge is 0.0244 e. The highest BCUT2D eigenvalue weighted by atomic mass is 15.1. The van der Waals surface area contributed by atoms with Gasteiger partial charge < -0.3 is 4.90 Å². The Morgan fingerprint density at radius 1 is 1.15 bits per heavy atom. The number of likely N-dealkylation sites (N-methyl/N-ethyl adjacent to an activating group) is 1. The predicted octanol–water partition coefficient (Wildman–Crippen LogP) is 4.68. The summed E-state index contributed by atoms with van der Waals surface area (Å²) in [6, 6.07) is 8.90. The average Bonchev–Trinajstić information content (AvgIpc) is 2.42. The summed E-state index contributed by atoms with van der Waals surface area (Å²) in [7, 11) is 4.54. The molecule has 0 amide bonds. The third kappa shape index (κ3) is 3.25. The predicted molar refractivity (Wildman–Crippen MR) is 88.1 cm³/mol. The molecule has 0 radical (unpaired) electrons. The summed E-state index contributed by atoms with van der Waals surface area (Å²) >= 11 is 0. The van der Waals surface area contributed by atoms with Gasteiger partial charge in [-0.05, 0) is 76.1 Å². The molecule has 0 atom stereocenters. The second-order valence-corrected chi connectivity index (χ2v) is 7.30. The molecule has 1 aliphatic rings. The minimum atomic E-state index is 0.373. The third-order valence-corrected chi connectivity index (χ3v) is 5.63. The minimum absolute atomic E-state index is 0.373. The van der Waals surface area contributed by atoms with Crippen LogP contribution in [-0.2, 0) is 6.42 Å². The van der Waals surface area contributed by atoms with Crippen molar-refractivity contribution in [3.63, 3.8) is 0 Å². The van der Waals surface area contributed by atoms with Crippen LogP contribution in [0, 0.1) is 18.8 Å². The van der Waals surface area contributed by atoms with Gasteiger partial charge in [-0.25, -0.2) is 0 Å². The van der Waals surface area contributed by atoms with Crippen LogP contribution in [0.1, 0.15) is 50.7 Å². The molecule has 0 saturated heterocycles. The molecular weight excluding hydrogens is 242 g/mol. The molecule has 1 saturated carbocycles. The summed E-state index contributed by atoms with van der Waals surface area (Å²) in [4.78, 5) is 2.50. The zero-order valence-corrected chi connectivity index (χ0v) is 13.9. The molecule has 1 nitrogen and oxygen atoms in total. The van der Waals surface area contributed by atoms with Crippen LogP contribution in [-0.4, -0.2) is 24.5 Å². The van der Waals surface area contributed by atoms with Crippen molar-refractivity contribution < 1.29 is 0 Å². The minimum Gasteiger partial charge on any atom is -0.303 e. The lowest BCUT2D eigenvalue weighted by Crippen LogP contribution is -2.49. The molecule has 0 unspecified atom stereocenters. The second-order valence-electron chi connectivity index (χ2n) is 7.30. The summed E-state index contributed by atoms with van der Waals surface area (Å²) in [6.45, 7) is 7.02. The maximum absolute atomic E-state index is 2.50. The quantitative estimate of drug-likeness (QED) is 0.769. The Morgan fingerprint density at radius 2 is 1.75 bits per heavy atom. The van der Waals surface area contributed by atoms with Gasteiger partial charge in [0.05, 0.1) is 0 Å². The van der Waals surface area contributed by atoms with Crippen LogP contribution in [0.2, 0.25) is 0 Å². The first-order valence-electron chi connectivity index (χ1n) is 8.16. The van der Waals surface area contributed by atoms with Gasteiger partial charge >= 0.3 is 0 Å². The molecule has 2 rings (SSSR count). The normalized spacial score (nSPS) is 27.2. The van der Waals surface area contributed by atoms with Gasteiger partial charge in [-0.15, -0.1) is 0 Å². The standard InChI is InChI=1S/C19H31N/c1-15(2)17-10-12-19(13-11-17,20(4)5)14-18-9-7-6-8-16(18)3/h6-9,15,17H,10-14H2,1-5H3. The van der Waals surface area contributed by atoms with Gasteiger partial charge in [-0.3, -0.25) is 0 Å². The maximum atomic E-state index is 2.50. The lowest BCUT2D eigenvalue weighted by atomic mass is 9.69. The van der Waals surface area contributed by atoms with E-state index < -0.39 is 0 Å². The third-order valence-electron chi connectivity index (χ3n) is 5.63. The van der Waals surface area contributed by atoms with Gasteiger partial charge in [-0.1, -0.05) is 38.1 Å². The van der Waals surface area contributed by atoms with Crippen molar-refractivity contribution in [1.82, 2.24) is 4.90 Å². The second kappa shape index (κ2) is 6.30. The van der Waals surface area contributed by atoms with E-state index in [0.717, 1.165) is 11.8 Å². The van der Waals surface area contributed by atoms with Crippen molar-refractivity contribution in [3.8, 4) is 0 Å². The number of hydrogen-bond acceptors (Lipinski definition) is 1. The molecule has 1 fully saturated rings. The van der Waals surface area contributed by atoms with Gasteiger partial charge in [0.15, 0.2) is 0 Å². The Kier molecular flexibility index (Phi) is 4.90. The summed E-state index contributed by atoms with van der Waals surface area (Å²) in [5.74, 6) is 1.77. The van der Waals surface area contributed by atoms with Gasteiger partial charge in [-0.2, -0.15) is 0 Å². The van der Waals surface area contributed by atoms with E-state index in [4.69, 9.17) is 0 Å². The van der Waals surface area contributed by atoms with Crippen molar-refractivity contribution in [2.45, 2.75) is 58.4 Å². The highest BCUT2D eigenvalue weighted by Crippen LogP contribution is 2.40. The van der Waals surface area contributed by atoms with Gasteiger partial charge in [0.1, 0.15) is 0 Å². The van der Waals surface area contributed by atoms with Crippen molar-refractivity contribution in [2.24, 2.45) is 11.8 Å². The Labute approximate surface area is 125 Å². The van der Waals surface area contributed by atoms with Crippen molar-refractivity contribution in [1.29, 1.82) is 0 Å². The van der Waals surface area contributed by atoms with E-state index in [-0.39, 0.29) is 0 Å². The van der Waals surface area contributed by atoms with Crippen LogP contribution in [0.4, 0.5) is 0 Å². The molecule has 0 bridgehead atoms. The fourth-order valence-electron chi connectivity index (χ4n) is 3.79. The van der Waals surface area contributed by atoms with Gasteiger partial charge in [0.2, 0.25) is 0 Å². The molecule has 1 aromatic carbocycles. The molecular formula is C19H31N. The maximum Gasteiger partial charge on any atom is 0.0244 e. The van der Waals surface area contributed by atoms with Crippen LogP contribution < -0.4 is 0 Å². The summed E-state index contributed by atoms with van der Waals surface area (Å²) in [5.41, 5.74) is 3.35. The van der Waals surface area contributed by atoms with Gasteiger partial charge in [0.25, 0.3) is 0 Å². The number of aryl methyl sites for hydroxylation is 1. The summed E-state index contributed by atoms with van der Waals surface area (Å²) in [6.07, 6.45) is 6.68. The topological polar surface area (TPSA) is 3.24 Å². The van der Waals surface area contributed by atoms with Crippen molar-refractivity contribution in [3.05, 3.63) is 35.4 Å². The van der Waals surface area contributed by atoms with Crippen LogP contribution in [0.25, 0.3) is 0 Å². The zero-order valence-electron chi connectivity index (χ0n) is 13.9. The largest absolute Gasteiger partial charge is 0.303 e. The molecule has 0 aromatic heterocycles. The van der Waals surface area contributed by atoms with E-state index in [2.05, 4.69) is 64.0 Å². The number of nitrogens with zero attached hydrogens (tertiary/aromatic N) is 1. The average molecular weight is 273 g/mol. The summed E-state index contributed by atoms with van der Waals surface area (Å²) < 4.78 is 0. The summed E-state index contributed by atoms with van der Waals surface area (Å²) in [5, 5.41) is 0. The lowest BCUT2D eigenvalue weighted by Gasteiger charge is -2.46. The van der Waals surface area contributed by atoms with Crippen molar-refractivity contribution >= 4 is 0 Å². The molecule has 1 heteroatoms. The SMILES string of the molecule is Cc1ccccc1CC1(N(C)C)CCC(C(C)C)CC1. The fourth-order valence-corrected chi connectivity index (χ4v) is 3.79. The molecule has 1 aromatic rings. The van der Waals surface area contributed by atoms with E-state index in [0.29, 0.717) is 5.54 Å². The van der Waals surface area contributed by atoms with Crippen LogP contribution in [0.3, 0.4) is 0 Å². The monoisotopic (exact) mass is 273 g/mol. The highest BCUT2D eigenvalue weighted by molar-refractivity contribution is 5.27.